The van der Waals surface area contributed by atoms with E-state index >= 15 is 0 Å². The molecule has 0 aliphatic heterocycles. The van der Waals surface area contributed by atoms with Crippen LogP contribution in [0.3, 0.4) is 0 Å². The molecule has 1 amide bonds. The number of hydrogen-bond donors (Lipinski definition) is 0. The van der Waals surface area contributed by atoms with Crippen molar-refractivity contribution in [2.75, 3.05) is 7.05 Å². The van der Waals surface area contributed by atoms with E-state index in [0.29, 0.717) is 31.5 Å². The fourth-order valence-corrected chi connectivity index (χ4v) is 3.43. The fraction of sp³-hybridized carbons (Fsp3) is 0.579. The molecule has 1 saturated carbocycles. The summed E-state index contributed by atoms with van der Waals surface area (Å²) in [5.41, 5.74) is 1.86. The van der Waals surface area contributed by atoms with Gasteiger partial charge in [-0.2, -0.15) is 0 Å². The van der Waals surface area contributed by atoms with E-state index in [1.54, 1.807) is 4.57 Å². The highest BCUT2D eigenvalue weighted by molar-refractivity contribution is 5.78. The predicted octanol–water partition coefficient (Wildman–Crippen LogP) is 2.86. The molecule has 1 unspecified atom stereocenters. The lowest BCUT2D eigenvalue weighted by atomic mass is 10.2. The molecule has 3 rings (SSSR count). The molecule has 0 spiro atoms. The van der Waals surface area contributed by atoms with Crippen LogP contribution in [0.4, 0.5) is 0 Å². The summed E-state index contributed by atoms with van der Waals surface area (Å²) in [7, 11) is 1.88. The maximum Gasteiger partial charge on any atom is 0.329 e. The minimum atomic E-state index is -0.0104. The first-order chi connectivity index (χ1) is 11.5. The molecule has 1 aliphatic carbocycles. The molecule has 0 saturated heterocycles. The summed E-state index contributed by atoms with van der Waals surface area (Å²) < 4.78 is 3.56. The van der Waals surface area contributed by atoms with Gasteiger partial charge in [0.15, 0.2) is 0 Å². The Hall–Kier alpha value is -2.04. The topological polar surface area (TPSA) is 47.2 Å². The number of fused-ring (bicyclic) bond motifs is 1. The molecular formula is C19H27N3O2. The third-order valence-corrected chi connectivity index (χ3v) is 5.23. The molecule has 1 fully saturated rings. The summed E-state index contributed by atoms with van der Waals surface area (Å²) in [6.07, 6.45) is 3.73. The van der Waals surface area contributed by atoms with Crippen molar-refractivity contribution in [3.63, 3.8) is 0 Å². The zero-order chi connectivity index (χ0) is 17.3. The lowest BCUT2D eigenvalue weighted by Gasteiger charge is -2.25. The van der Waals surface area contributed by atoms with Gasteiger partial charge in [0.1, 0.15) is 0 Å². The Labute approximate surface area is 142 Å². The van der Waals surface area contributed by atoms with Crippen LogP contribution < -0.4 is 5.69 Å². The first-order valence-electron chi connectivity index (χ1n) is 8.98. The summed E-state index contributed by atoms with van der Waals surface area (Å²) in [5.74, 6) is 0.779. The standard InChI is InChI=1S/C19H27N3O2/c1-4-12-21-16-7-5-6-8-17(16)22(19(21)24)13-11-18(23)20(3)14(2)15-9-10-15/h5-8,14-15H,4,9-13H2,1-3H3. The average molecular weight is 329 g/mol. The number of nitrogens with zero attached hydrogens (tertiary/aromatic N) is 3. The van der Waals surface area contributed by atoms with Crippen LogP contribution in [0.2, 0.25) is 0 Å². The number of aromatic nitrogens is 2. The number of carbonyl (C=O) groups excluding carboxylic acids is 1. The molecule has 5 heteroatoms. The highest BCUT2D eigenvalue weighted by Crippen LogP contribution is 2.34. The van der Waals surface area contributed by atoms with Crippen LogP contribution in [0.25, 0.3) is 11.0 Å². The van der Waals surface area contributed by atoms with Gasteiger partial charge in [0.25, 0.3) is 0 Å². The Kier molecular flexibility index (Phi) is 4.78. The van der Waals surface area contributed by atoms with Gasteiger partial charge in [-0.15, -0.1) is 0 Å². The van der Waals surface area contributed by atoms with Crippen LogP contribution in [0.1, 0.15) is 39.5 Å². The summed E-state index contributed by atoms with van der Waals surface area (Å²) in [4.78, 5) is 27.0. The smallest absolute Gasteiger partial charge is 0.329 e. The molecule has 0 radical (unpaired) electrons. The van der Waals surface area contributed by atoms with Crippen molar-refractivity contribution >= 4 is 16.9 Å². The van der Waals surface area contributed by atoms with E-state index in [1.165, 1.54) is 12.8 Å². The number of rotatable bonds is 7. The molecule has 0 N–H and O–H groups in total. The van der Waals surface area contributed by atoms with Gasteiger partial charge in [0.05, 0.1) is 11.0 Å². The van der Waals surface area contributed by atoms with Crippen LogP contribution in [0.15, 0.2) is 29.1 Å². The third kappa shape index (κ3) is 3.12. The largest absolute Gasteiger partial charge is 0.343 e. The minimum absolute atomic E-state index is 0.0104. The monoisotopic (exact) mass is 329 g/mol. The Morgan fingerprint density at radius 2 is 1.79 bits per heavy atom. The number of amides is 1. The highest BCUT2D eigenvalue weighted by Gasteiger charge is 2.32. The van der Waals surface area contributed by atoms with Crippen LogP contribution in [-0.2, 0) is 17.9 Å². The maximum atomic E-state index is 12.7. The second kappa shape index (κ2) is 6.83. The van der Waals surface area contributed by atoms with Crippen LogP contribution in [-0.4, -0.2) is 33.0 Å². The summed E-state index contributed by atoms with van der Waals surface area (Å²) in [5, 5.41) is 0. The van der Waals surface area contributed by atoms with Crippen molar-refractivity contribution in [3.8, 4) is 0 Å². The van der Waals surface area contributed by atoms with Gasteiger partial charge in [0.2, 0.25) is 5.91 Å². The Bertz CT molecular complexity index is 785. The number of hydrogen-bond acceptors (Lipinski definition) is 2. The predicted molar refractivity (Wildman–Crippen MR) is 96.1 cm³/mol. The van der Waals surface area contributed by atoms with E-state index < -0.39 is 0 Å². The van der Waals surface area contributed by atoms with E-state index in [2.05, 4.69) is 13.8 Å². The van der Waals surface area contributed by atoms with Gasteiger partial charge in [-0.05, 0) is 44.2 Å². The molecule has 5 nitrogen and oxygen atoms in total. The Morgan fingerprint density at radius 1 is 1.21 bits per heavy atom. The molecule has 1 aromatic carbocycles. The Morgan fingerprint density at radius 3 is 2.33 bits per heavy atom. The van der Waals surface area contributed by atoms with E-state index in [0.717, 1.165) is 17.5 Å². The quantitative estimate of drug-likeness (QED) is 0.784. The molecule has 0 bridgehead atoms. The molecular weight excluding hydrogens is 302 g/mol. The zero-order valence-electron chi connectivity index (χ0n) is 14.9. The van der Waals surface area contributed by atoms with Gasteiger partial charge in [-0.25, -0.2) is 4.79 Å². The van der Waals surface area contributed by atoms with Gasteiger partial charge in [-0.3, -0.25) is 13.9 Å². The first-order valence-corrected chi connectivity index (χ1v) is 8.98. The number of carbonyl (C=O) groups is 1. The second-order valence-electron chi connectivity index (χ2n) is 6.91. The average Bonchev–Trinajstić information content (AvgIpc) is 3.40. The SMILES string of the molecule is CCCn1c(=O)n(CCC(=O)N(C)C(C)C2CC2)c2ccccc21. The molecule has 1 aromatic heterocycles. The first kappa shape index (κ1) is 16.8. The summed E-state index contributed by atoms with van der Waals surface area (Å²) >= 11 is 0. The second-order valence-corrected chi connectivity index (χ2v) is 6.91. The number of benzene rings is 1. The van der Waals surface area contributed by atoms with Crippen molar-refractivity contribution in [1.29, 1.82) is 0 Å². The molecule has 24 heavy (non-hydrogen) atoms. The lowest BCUT2D eigenvalue weighted by molar-refractivity contribution is -0.132. The summed E-state index contributed by atoms with van der Waals surface area (Å²) in [6.45, 7) is 5.33. The van der Waals surface area contributed by atoms with Gasteiger partial charge in [0, 0.05) is 32.6 Å². The van der Waals surface area contributed by atoms with E-state index in [-0.39, 0.29) is 11.6 Å². The fourth-order valence-electron chi connectivity index (χ4n) is 3.43. The van der Waals surface area contributed by atoms with Gasteiger partial charge in [-0.1, -0.05) is 19.1 Å². The minimum Gasteiger partial charge on any atom is -0.343 e. The Balaban J connectivity index is 1.78. The van der Waals surface area contributed by atoms with Crippen molar-refractivity contribution < 1.29 is 4.79 Å². The molecule has 1 aliphatic rings. The molecule has 130 valence electrons. The molecule has 2 aromatic rings. The third-order valence-electron chi connectivity index (χ3n) is 5.23. The number of para-hydroxylation sites is 2. The maximum absolute atomic E-state index is 12.7. The van der Waals surface area contributed by atoms with Crippen molar-refractivity contribution in [1.82, 2.24) is 14.0 Å². The van der Waals surface area contributed by atoms with Crippen LogP contribution >= 0.6 is 0 Å². The van der Waals surface area contributed by atoms with E-state index in [1.807, 2.05) is 40.8 Å². The number of imidazole rings is 1. The summed E-state index contributed by atoms with van der Waals surface area (Å²) in [6, 6.07) is 8.14. The van der Waals surface area contributed by atoms with Crippen molar-refractivity contribution in [2.24, 2.45) is 5.92 Å². The van der Waals surface area contributed by atoms with Crippen molar-refractivity contribution in [2.45, 2.75) is 58.7 Å². The zero-order valence-corrected chi connectivity index (χ0v) is 14.9. The van der Waals surface area contributed by atoms with Crippen molar-refractivity contribution in [3.05, 3.63) is 34.7 Å². The van der Waals surface area contributed by atoms with E-state index in [4.69, 9.17) is 0 Å². The van der Waals surface area contributed by atoms with Crippen LogP contribution in [0.5, 0.6) is 0 Å². The normalized spacial score (nSPS) is 15.6. The molecule has 1 atom stereocenters. The highest BCUT2D eigenvalue weighted by atomic mass is 16.2. The lowest BCUT2D eigenvalue weighted by Crippen LogP contribution is -2.37. The van der Waals surface area contributed by atoms with Gasteiger partial charge < -0.3 is 4.90 Å². The number of aryl methyl sites for hydroxylation is 2. The van der Waals surface area contributed by atoms with E-state index in [9.17, 15) is 9.59 Å². The van der Waals surface area contributed by atoms with Gasteiger partial charge >= 0.3 is 5.69 Å². The van der Waals surface area contributed by atoms with Crippen LogP contribution in [0, 0.1) is 5.92 Å². The molecule has 1 heterocycles.